The summed E-state index contributed by atoms with van der Waals surface area (Å²) >= 11 is 0. The van der Waals surface area contributed by atoms with Gasteiger partial charge in [0.15, 0.2) is 5.78 Å². The summed E-state index contributed by atoms with van der Waals surface area (Å²) in [5.74, 6) is 0.0584. The van der Waals surface area contributed by atoms with Crippen LogP contribution in [0.2, 0.25) is 0 Å². The van der Waals surface area contributed by atoms with E-state index in [0.717, 1.165) is 0 Å². The first-order chi connectivity index (χ1) is 7.54. The van der Waals surface area contributed by atoms with Crippen molar-refractivity contribution in [1.29, 1.82) is 0 Å². The van der Waals surface area contributed by atoms with Crippen molar-refractivity contribution >= 4 is 11.5 Å². The number of anilines is 1. The van der Waals surface area contributed by atoms with Crippen LogP contribution in [0.1, 0.15) is 23.7 Å². The second-order valence-electron chi connectivity index (χ2n) is 3.60. The monoisotopic (exact) mass is 227 g/mol. The molecular formula is C12H15F2NO. The van der Waals surface area contributed by atoms with Gasteiger partial charge in [-0.05, 0) is 24.3 Å². The van der Waals surface area contributed by atoms with E-state index in [2.05, 4.69) is 0 Å². The van der Waals surface area contributed by atoms with Gasteiger partial charge in [0.05, 0.1) is 6.54 Å². The highest BCUT2D eigenvalue weighted by atomic mass is 19.3. The number of benzene rings is 1. The van der Waals surface area contributed by atoms with Gasteiger partial charge in [-0.15, -0.1) is 0 Å². The Balaban J connectivity index is 2.74. The zero-order chi connectivity index (χ0) is 12.1. The number of carbonyl (C=O) groups is 1. The van der Waals surface area contributed by atoms with Crippen molar-refractivity contribution in [3.63, 3.8) is 0 Å². The average molecular weight is 227 g/mol. The van der Waals surface area contributed by atoms with Crippen molar-refractivity contribution in [2.75, 3.05) is 18.5 Å². The van der Waals surface area contributed by atoms with Crippen LogP contribution in [0.5, 0.6) is 0 Å². The van der Waals surface area contributed by atoms with E-state index in [0.29, 0.717) is 17.7 Å². The standard InChI is InChI=1S/C12H15F2NO/c1-3-11(16)9-4-6-10(7-5-9)15(2)8-12(13)14/h4-7,12H,3,8H2,1-2H3. The van der Waals surface area contributed by atoms with E-state index in [1.54, 1.807) is 38.2 Å². The van der Waals surface area contributed by atoms with Crippen LogP contribution in [-0.4, -0.2) is 25.8 Å². The third-order valence-electron chi connectivity index (χ3n) is 2.36. The molecule has 0 saturated carbocycles. The Labute approximate surface area is 93.9 Å². The van der Waals surface area contributed by atoms with Gasteiger partial charge in [0.25, 0.3) is 6.43 Å². The largest absolute Gasteiger partial charge is 0.369 e. The van der Waals surface area contributed by atoms with Crippen molar-refractivity contribution in [1.82, 2.24) is 0 Å². The first kappa shape index (κ1) is 12.6. The summed E-state index contributed by atoms with van der Waals surface area (Å²) in [6.45, 7) is 1.49. The van der Waals surface area contributed by atoms with Gasteiger partial charge in [-0.25, -0.2) is 8.78 Å². The molecule has 0 fully saturated rings. The molecule has 16 heavy (non-hydrogen) atoms. The van der Waals surface area contributed by atoms with Crippen molar-refractivity contribution in [2.45, 2.75) is 19.8 Å². The van der Waals surface area contributed by atoms with Crippen molar-refractivity contribution in [3.8, 4) is 0 Å². The fourth-order valence-corrected chi connectivity index (χ4v) is 1.42. The summed E-state index contributed by atoms with van der Waals surface area (Å²) in [7, 11) is 1.60. The highest BCUT2D eigenvalue weighted by molar-refractivity contribution is 5.96. The molecule has 2 nitrogen and oxygen atoms in total. The molecule has 0 saturated heterocycles. The molecule has 0 atom stereocenters. The summed E-state index contributed by atoms with van der Waals surface area (Å²) in [6, 6.07) is 6.71. The van der Waals surface area contributed by atoms with Crippen LogP contribution in [0.15, 0.2) is 24.3 Å². The summed E-state index contributed by atoms with van der Waals surface area (Å²) < 4.78 is 24.3. The van der Waals surface area contributed by atoms with Crippen LogP contribution in [0.25, 0.3) is 0 Å². The van der Waals surface area contributed by atoms with Crippen LogP contribution >= 0.6 is 0 Å². The molecule has 0 aliphatic heterocycles. The minimum atomic E-state index is -2.36. The number of nitrogens with zero attached hydrogens (tertiary/aromatic N) is 1. The molecule has 0 spiro atoms. The zero-order valence-corrected chi connectivity index (χ0v) is 9.41. The summed E-state index contributed by atoms with van der Waals surface area (Å²) in [5, 5.41) is 0. The van der Waals surface area contributed by atoms with E-state index >= 15 is 0 Å². The lowest BCUT2D eigenvalue weighted by Gasteiger charge is -2.18. The van der Waals surface area contributed by atoms with Gasteiger partial charge in [-0.2, -0.15) is 0 Å². The molecule has 0 aliphatic rings. The van der Waals surface area contributed by atoms with Crippen LogP contribution in [-0.2, 0) is 0 Å². The lowest BCUT2D eigenvalue weighted by atomic mass is 10.1. The van der Waals surface area contributed by atoms with Crippen LogP contribution in [0.4, 0.5) is 14.5 Å². The van der Waals surface area contributed by atoms with Gasteiger partial charge < -0.3 is 4.90 Å². The quantitative estimate of drug-likeness (QED) is 0.721. The van der Waals surface area contributed by atoms with E-state index in [1.807, 2.05) is 0 Å². The Morgan fingerprint density at radius 1 is 1.31 bits per heavy atom. The Morgan fingerprint density at radius 3 is 2.31 bits per heavy atom. The fourth-order valence-electron chi connectivity index (χ4n) is 1.42. The molecule has 88 valence electrons. The summed E-state index contributed by atoms with van der Waals surface area (Å²) in [4.78, 5) is 12.8. The predicted molar refractivity (Wildman–Crippen MR) is 60.3 cm³/mol. The van der Waals surface area contributed by atoms with Crippen molar-refractivity contribution in [2.24, 2.45) is 0 Å². The summed E-state index contributed by atoms with van der Waals surface area (Å²) in [6.07, 6.45) is -1.91. The number of carbonyl (C=O) groups excluding carboxylic acids is 1. The highest BCUT2D eigenvalue weighted by Gasteiger charge is 2.09. The maximum Gasteiger partial charge on any atom is 0.255 e. The lowest BCUT2D eigenvalue weighted by molar-refractivity contribution is 0.0988. The zero-order valence-electron chi connectivity index (χ0n) is 9.41. The third kappa shape index (κ3) is 3.29. The molecule has 0 radical (unpaired) electrons. The number of alkyl halides is 2. The molecule has 1 aromatic rings. The normalized spacial score (nSPS) is 10.6. The van der Waals surface area contributed by atoms with Crippen molar-refractivity contribution < 1.29 is 13.6 Å². The Morgan fingerprint density at radius 2 is 1.88 bits per heavy atom. The topological polar surface area (TPSA) is 20.3 Å². The summed E-state index contributed by atoms with van der Waals surface area (Å²) in [5.41, 5.74) is 1.31. The van der Waals surface area contributed by atoms with E-state index in [-0.39, 0.29) is 12.3 Å². The van der Waals surface area contributed by atoms with Gasteiger partial charge in [-0.3, -0.25) is 4.79 Å². The molecule has 0 N–H and O–H groups in total. The highest BCUT2D eigenvalue weighted by Crippen LogP contribution is 2.15. The molecule has 0 heterocycles. The maximum atomic E-state index is 12.1. The van der Waals surface area contributed by atoms with E-state index in [9.17, 15) is 13.6 Å². The second-order valence-corrected chi connectivity index (χ2v) is 3.60. The van der Waals surface area contributed by atoms with Gasteiger partial charge in [-0.1, -0.05) is 6.92 Å². The molecule has 1 aromatic carbocycles. The van der Waals surface area contributed by atoms with Gasteiger partial charge in [0.1, 0.15) is 0 Å². The fraction of sp³-hybridized carbons (Fsp3) is 0.417. The molecular weight excluding hydrogens is 212 g/mol. The minimum absolute atomic E-state index is 0.0584. The Bertz CT molecular complexity index is 349. The van der Waals surface area contributed by atoms with Crippen LogP contribution in [0.3, 0.4) is 0 Å². The molecule has 4 heteroatoms. The van der Waals surface area contributed by atoms with E-state index < -0.39 is 6.43 Å². The first-order valence-corrected chi connectivity index (χ1v) is 5.17. The molecule has 0 bridgehead atoms. The molecule has 0 aromatic heterocycles. The first-order valence-electron chi connectivity index (χ1n) is 5.17. The van der Waals surface area contributed by atoms with Crippen molar-refractivity contribution in [3.05, 3.63) is 29.8 Å². The van der Waals surface area contributed by atoms with Gasteiger partial charge >= 0.3 is 0 Å². The average Bonchev–Trinajstić information content (AvgIpc) is 2.27. The molecule has 0 amide bonds. The third-order valence-corrected chi connectivity index (χ3v) is 2.36. The number of halogens is 2. The Kier molecular flexibility index (Phi) is 4.40. The lowest BCUT2D eigenvalue weighted by Crippen LogP contribution is -2.23. The number of ketones is 1. The Hall–Kier alpha value is -1.45. The van der Waals surface area contributed by atoms with Crippen LogP contribution in [0, 0.1) is 0 Å². The SMILES string of the molecule is CCC(=O)c1ccc(N(C)CC(F)F)cc1. The number of hydrogen-bond acceptors (Lipinski definition) is 2. The minimum Gasteiger partial charge on any atom is -0.369 e. The number of hydrogen-bond donors (Lipinski definition) is 0. The maximum absolute atomic E-state index is 12.1. The predicted octanol–water partition coefficient (Wildman–Crippen LogP) is 2.98. The molecule has 0 unspecified atom stereocenters. The van der Waals surface area contributed by atoms with E-state index in [4.69, 9.17) is 0 Å². The van der Waals surface area contributed by atoms with Gasteiger partial charge in [0, 0.05) is 24.7 Å². The number of Topliss-reactive ketones (excluding diaryl/α,β-unsaturated/α-hetero) is 1. The van der Waals surface area contributed by atoms with Crippen LogP contribution < -0.4 is 4.90 Å². The smallest absolute Gasteiger partial charge is 0.255 e. The molecule has 0 aliphatic carbocycles. The van der Waals surface area contributed by atoms with Gasteiger partial charge in [0.2, 0.25) is 0 Å². The number of rotatable bonds is 5. The molecule has 1 rings (SSSR count). The second kappa shape index (κ2) is 5.58. The van der Waals surface area contributed by atoms with E-state index in [1.165, 1.54) is 4.90 Å².